The Morgan fingerprint density at radius 3 is 2.59 bits per heavy atom. The van der Waals surface area contributed by atoms with Crippen LogP contribution in [0.3, 0.4) is 0 Å². The van der Waals surface area contributed by atoms with E-state index in [0.29, 0.717) is 0 Å². The molecular formula is C14H14N2O6. The van der Waals surface area contributed by atoms with Gasteiger partial charge in [-0.3, -0.25) is 19.7 Å². The molecule has 0 radical (unpaired) electrons. The zero-order valence-corrected chi connectivity index (χ0v) is 11.5. The van der Waals surface area contributed by atoms with Crippen molar-refractivity contribution in [3.63, 3.8) is 0 Å². The van der Waals surface area contributed by atoms with Crippen LogP contribution in [0.2, 0.25) is 0 Å². The molecule has 1 aromatic carbocycles. The Kier molecular flexibility index (Phi) is 5.07. The number of rotatable bonds is 5. The van der Waals surface area contributed by atoms with Crippen molar-refractivity contribution in [2.24, 2.45) is 0 Å². The Morgan fingerprint density at radius 2 is 1.95 bits per heavy atom. The summed E-state index contributed by atoms with van der Waals surface area (Å²) < 4.78 is 9.66. The monoisotopic (exact) mass is 306 g/mol. The number of hydrogen-bond donors (Lipinski definition) is 2. The number of amides is 3. The normalized spacial score (nSPS) is 16.8. The van der Waals surface area contributed by atoms with Gasteiger partial charge in [-0.1, -0.05) is 30.3 Å². The van der Waals surface area contributed by atoms with Crippen LogP contribution in [0.1, 0.15) is 12.0 Å². The Balaban J connectivity index is 1.66. The molecule has 1 unspecified atom stereocenters. The molecule has 1 aliphatic rings. The number of imide groups is 1. The van der Waals surface area contributed by atoms with Gasteiger partial charge < -0.3 is 14.8 Å². The van der Waals surface area contributed by atoms with Gasteiger partial charge in [0.1, 0.15) is 13.2 Å². The van der Waals surface area contributed by atoms with Gasteiger partial charge in [0.05, 0.1) is 6.42 Å². The standard InChI is InChI=1S/C14H14N2O6/c17-11-6-10(13(19)16-11)22-12(18)7-15-14(20)21-8-9-4-2-1-3-5-9/h1-5,10H,6-8H2,(H,15,20)(H,16,17,19). The lowest BCUT2D eigenvalue weighted by Crippen LogP contribution is -2.35. The predicted octanol–water partition coefficient (Wildman–Crippen LogP) is -0.129. The van der Waals surface area contributed by atoms with E-state index < -0.39 is 36.5 Å². The van der Waals surface area contributed by atoms with E-state index in [2.05, 4.69) is 5.32 Å². The third kappa shape index (κ3) is 4.58. The molecule has 2 rings (SSSR count). The lowest BCUT2D eigenvalue weighted by Gasteiger charge is -2.10. The minimum atomic E-state index is -1.14. The van der Waals surface area contributed by atoms with Gasteiger partial charge in [0.15, 0.2) is 6.10 Å². The summed E-state index contributed by atoms with van der Waals surface area (Å²) in [5, 5.41) is 4.21. The molecule has 1 saturated heterocycles. The number of benzene rings is 1. The second kappa shape index (κ2) is 7.21. The summed E-state index contributed by atoms with van der Waals surface area (Å²) >= 11 is 0. The highest BCUT2D eigenvalue weighted by Gasteiger charge is 2.33. The molecule has 0 saturated carbocycles. The number of ether oxygens (including phenoxy) is 2. The van der Waals surface area contributed by atoms with Gasteiger partial charge >= 0.3 is 12.1 Å². The molecule has 2 N–H and O–H groups in total. The quantitative estimate of drug-likeness (QED) is 0.579. The highest BCUT2D eigenvalue weighted by atomic mass is 16.6. The summed E-state index contributed by atoms with van der Waals surface area (Å²) in [6, 6.07) is 9.03. The average molecular weight is 306 g/mol. The second-order valence-electron chi connectivity index (χ2n) is 4.51. The fourth-order valence-electron chi connectivity index (χ4n) is 1.74. The molecule has 22 heavy (non-hydrogen) atoms. The van der Waals surface area contributed by atoms with Crippen molar-refractivity contribution in [2.45, 2.75) is 19.1 Å². The van der Waals surface area contributed by atoms with Gasteiger partial charge in [0, 0.05) is 0 Å². The number of esters is 1. The molecule has 1 atom stereocenters. The molecular weight excluding hydrogens is 292 g/mol. The Morgan fingerprint density at radius 1 is 1.23 bits per heavy atom. The largest absolute Gasteiger partial charge is 0.450 e. The number of hydrogen-bond acceptors (Lipinski definition) is 6. The van der Waals surface area contributed by atoms with Gasteiger partial charge in [-0.2, -0.15) is 0 Å². The third-order valence-corrected chi connectivity index (χ3v) is 2.79. The van der Waals surface area contributed by atoms with Crippen LogP contribution in [0.5, 0.6) is 0 Å². The van der Waals surface area contributed by atoms with Gasteiger partial charge in [-0.15, -0.1) is 0 Å². The van der Waals surface area contributed by atoms with Crippen LogP contribution < -0.4 is 10.6 Å². The van der Waals surface area contributed by atoms with Gasteiger partial charge in [0.2, 0.25) is 5.91 Å². The molecule has 116 valence electrons. The maximum atomic E-state index is 11.4. The van der Waals surface area contributed by atoms with Crippen LogP contribution in [0.25, 0.3) is 0 Å². The van der Waals surface area contributed by atoms with Crippen LogP contribution in [0.15, 0.2) is 30.3 Å². The SMILES string of the molecule is O=C1CC(OC(=O)CNC(=O)OCc2ccccc2)C(=O)N1. The van der Waals surface area contributed by atoms with Crippen molar-refractivity contribution in [1.82, 2.24) is 10.6 Å². The van der Waals surface area contributed by atoms with E-state index in [9.17, 15) is 19.2 Å². The molecule has 0 aliphatic carbocycles. The zero-order valence-electron chi connectivity index (χ0n) is 11.5. The Bertz CT molecular complexity index is 586. The van der Waals surface area contributed by atoms with Crippen molar-refractivity contribution in [3.05, 3.63) is 35.9 Å². The second-order valence-corrected chi connectivity index (χ2v) is 4.51. The summed E-state index contributed by atoms with van der Waals surface area (Å²) in [7, 11) is 0. The number of carbonyl (C=O) groups is 4. The Hall–Kier alpha value is -2.90. The van der Waals surface area contributed by atoms with E-state index in [1.165, 1.54) is 0 Å². The minimum absolute atomic E-state index is 0.0707. The molecule has 3 amide bonds. The van der Waals surface area contributed by atoms with Crippen LogP contribution in [-0.4, -0.2) is 36.5 Å². The van der Waals surface area contributed by atoms with E-state index in [1.807, 2.05) is 23.5 Å². The molecule has 0 bridgehead atoms. The van der Waals surface area contributed by atoms with E-state index in [1.54, 1.807) is 12.1 Å². The van der Waals surface area contributed by atoms with Crippen molar-refractivity contribution in [3.8, 4) is 0 Å². The molecule has 1 aliphatic heterocycles. The van der Waals surface area contributed by atoms with Crippen LogP contribution in [0, 0.1) is 0 Å². The van der Waals surface area contributed by atoms with Gasteiger partial charge in [0.25, 0.3) is 5.91 Å². The van der Waals surface area contributed by atoms with Crippen LogP contribution in [0.4, 0.5) is 4.79 Å². The molecule has 0 spiro atoms. The first kappa shape index (κ1) is 15.5. The molecule has 8 heteroatoms. The number of alkyl carbamates (subject to hydrolysis) is 1. The van der Waals surface area contributed by atoms with Crippen LogP contribution >= 0.6 is 0 Å². The van der Waals surface area contributed by atoms with E-state index in [4.69, 9.17) is 9.47 Å². The molecule has 1 aromatic rings. The van der Waals surface area contributed by atoms with Crippen molar-refractivity contribution >= 4 is 23.9 Å². The maximum absolute atomic E-state index is 11.4. The predicted molar refractivity (Wildman–Crippen MR) is 72.3 cm³/mol. The smallest absolute Gasteiger partial charge is 0.407 e. The first-order valence-electron chi connectivity index (χ1n) is 6.52. The minimum Gasteiger partial charge on any atom is -0.450 e. The number of carbonyl (C=O) groups excluding carboxylic acids is 4. The maximum Gasteiger partial charge on any atom is 0.407 e. The fraction of sp³-hybridized carbons (Fsp3) is 0.286. The van der Waals surface area contributed by atoms with Crippen molar-refractivity contribution in [2.75, 3.05) is 6.54 Å². The third-order valence-electron chi connectivity index (χ3n) is 2.79. The van der Waals surface area contributed by atoms with E-state index in [0.717, 1.165) is 5.56 Å². The van der Waals surface area contributed by atoms with Crippen molar-refractivity contribution in [1.29, 1.82) is 0 Å². The van der Waals surface area contributed by atoms with Gasteiger partial charge in [-0.05, 0) is 5.56 Å². The van der Waals surface area contributed by atoms with Crippen LogP contribution in [-0.2, 0) is 30.5 Å². The molecule has 1 heterocycles. The molecule has 1 fully saturated rings. The number of nitrogens with one attached hydrogen (secondary N) is 2. The highest BCUT2D eigenvalue weighted by Crippen LogP contribution is 2.06. The van der Waals surface area contributed by atoms with Crippen molar-refractivity contribution < 1.29 is 28.7 Å². The summed E-state index contributed by atoms with van der Waals surface area (Å²) in [6.07, 6.45) is -2.13. The lowest BCUT2D eigenvalue weighted by molar-refractivity contribution is -0.152. The summed E-state index contributed by atoms with van der Waals surface area (Å²) in [5.74, 6) is -1.99. The highest BCUT2D eigenvalue weighted by molar-refractivity contribution is 6.05. The van der Waals surface area contributed by atoms with E-state index in [-0.39, 0.29) is 13.0 Å². The average Bonchev–Trinajstić information content (AvgIpc) is 2.82. The topological polar surface area (TPSA) is 111 Å². The first-order chi connectivity index (χ1) is 10.5. The fourth-order valence-corrected chi connectivity index (χ4v) is 1.74. The van der Waals surface area contributed by atoms with Gasteiger partial charge in [-0.25, -0.2) is 4.79 Å². The molecule has 8 nitrogen and oxygen atoms in total. The van der Waals surface area contributed by atoms with E-state index >= 15 is 0 Å². The lowest BCUT2D eigenvalue weighted by atomic mass is 10.2. The molecule has 0 aromatic heterocycles. The Labute approximate surface area is 125 Å². The summed E-state index contributed by atoms with van der Waals surface area (Å²) in [4.78, 5) is 45.0. The first-order valence-corrected chi connectivity index (χ1v) is 6.52. The zero-order chi connectivity index (χ0) is 15.9. The summed E-state index contributed by atoms with van der Waals surface area (Å²) in [6.45, 7) is -0.382. The summed E-state index contributed by atoms with van der Waals surface area (Å²) in [5.41, 5.74) is 0.807.